The molecule has 29 heavy (non-hydrogen) atoms. The van der Waals surface area contributed by atoms with E-state index in [2.05, 4.69) is 15.0 Å². The van der Waals surface area contributed by atoms with Crippen molar-refractivity contribution in [1.82, 2.24) is 4.98 Å². The SMILES string of the molecule is N=C(c1cccc(OC(F)F)c1)c1ncc(C=O)cc1NCc1ccc(F)cc1. The van der Waals surface area contributed by atoms with Crippen molar-refractivity contribution in [2.45, 2.75) is 13.2 Å². The van der Waals surface area contributed by atoms with Crippen LogP contribution in [-0.2, 0) is 6.54 Å². The van der Waals surface area contributed by atoms with E-state index in [0.717, 1.165) is 5.56 Å². The molecule has 0 aliphatic carbocycles. The molecule has 0 aliphatic heterocycles. The average Bonchev–Trinajstić information content (AvgIpc) is 2.72. The molecule has 3 rings (SSSR count). The number of carbonyl (C=O) groups excluding carboxylic acids is 1. The molecule has 0 bridgehead atoms. The number of alkyl halides is 2. The number of hydrogen-bond donors (Lipinski definition) is 2. The van der Waals surface area contributed by atoms with Gasteiger partial charge in [-0.05, 0) is 35.9 Å². The first-order valence-electron chi connectivity index (χ1n) is 8.54. The standard InChI is InChI=1S/C21H16F3N3O2/c22-16-6-4-13(5-7-16)10-26-18-8-14(12-28)11-27-20(18)19(25)15-2-1-3-17(9-15)29-21(23)24/h1-9,11-12,21,25-26H,10H2. The molecule has 5 nitrogen and oxygen atoms in total. The third-order valence-electron chi connectivity index (χ3n) is 4.03. The Morgan fingerprint density at radius 2 is 1.93 bits per heavy atom. The molecule has 0 saturated carbocycles. The van der Waals surface area contributed by atoms with E-state index in [4.69, 9.17) is 5.41 Å². The molecule has 2 aromatic carbocycles. The number of nitrogens with zero attached hydrogens (tertiary/aromatic N) is 1. The zero-order valence-electron chi connectivity index (χ0n) is 15.0. The van der Waals surface area contributed by atoms with Crippen LogP contribution in [0.3, 0.4) is 0 Å². The van der Waals surface area contributed by atoms with Gasteiger partial charge in [0.25, 0.3) is 0 Å². The summed E-state index contributed by atoms with van der Waals surface area (Å²) in [4.78, 5) is 15.3. The van der Waals surface area contributed by atoms with Gasteiger partial charge in [-0.1, -0.05) is 24.3 Å². The summed E-state index contributed by atoms with van der Waals surface area (Å²) in [6, 6.07) is 13.1. The minimum atomic E-state index is -2.97. The predicted octanol–water partition coefficient (Wildman–Crippen LogP) is 4.66. The summed E-state index contributed by atoms with van der Waals surface area (Å²) in [6.45, 7) is -2.67. The second-order valence-electron chi connectivity index (χ2n) is 6.04. The first kappa shape index (κ1) is 20.1. The molecule has 0 fully saturated rings. The third-order valence-corrected chi connectivity index (χ3v) is 4.03. The maximum absolute atomic E-state index is 13.1. The molecular formula is C21H16F3N3O2. The number of halogens is 3. The van der Waals surface area contributed by atoms with E-state index in [1.165, 1.54) is 42.6 Å². The van der Waals surface area contributed by atoms with Crippen molar-refractivity contribution in [2.24, 2.45) is 0 Å². The highest BCUT2D eigenvalue weighted by Crippen LogP contribution is 2.22. The summed E-state index contributed by atoms with van der Waals surface area (Å²) in [6.07, 6.45) is 1.94. The van der Waals surface area contributed by atoms with E-state index in [0.29, 0.717) is 29.6 Å². The second-order valence-corrected chi connectivity index (χ2v) is 6.04. The molecule has 148 valence electrons. The van der Waals surface area contributed by atoms with Gasteiger partial charge in [-0.15, -0.1) is 0 Å². The van der Waals surface area contributed by atoms with Crippen molar-refractivity contribution in [3.05, 3.63) is 89.0 Å². The lowest BCUT2D eigenvalue weighted by atomic mass is 10.0. The maximum atomic E-state index is 13.1. The Kier molecular flexibility index (Phi) is 6.23. The summed E-state index contributed by atoms with van der Waals surface area (Å²) in [5.41, 5.74) is 2.00. The Morgan fingerprint density at radius 1 is 1.17 bits per heavy atom. The number of aldehydes is 1. The number of carbonyl (C=O) groups is 1. The summed E-state index contributed by atoms with van der Waals surface area (Å²) in [5, 5.41) is 11.5. The van der Waals surface area contributed by atoms with Crippen LogP contribution in [0, 0.1) is 11.2 Å². The van der Waals surface area contributed by atoms with Crippen LogP contribution in [0.15, 0.2) is 60.8 Å². The van der Waals surface area contributed by atoms with Crippen LogP contribution in [0.4, 0.5) is 18.9 Å². The number of benzene rings is 2. The molecule has 0 aliphatic rings. The van der Waals surface area contributed by atoms with Crippen molar-refractivity contribution in [1.29, 1.82) is 5.41 Å². The molecule has 0 spiro atoms. The third kappa shape index (κ3) is 5.19. The fourth-order valence-corrected chi connectivity index (χ4v) is 2.64. The molecule has 1 heterocycles. The van der Waals surface area contributed by atoms with E-state index in [9.17, 15) is 18.0 Å². The van der Waals surface area contributed by atoms with Gasteiger partial charge in [0.15, 0.2) is 6.29 Å². The summed E-state index contributed by atoms with van der Waals surface area (Å²) < 4.78 is 42.4. The Hall–Kier alpha value is -3.68. The Morgan fingerprint density at radius 3 is 2.62 bits per heavy atom. The first-order chi connectivity index (χ1) is 14.0. The minimum absolute atomic E-state index is 0.0382. The number of aromatic nitrogens is 1. The van der Waals surface area contributed by atoms with Gasteiger partial charge in [-0.3, -0.25) is 15.2 Å². The minimum Gasteiger partial charge on any atom is -0.435 e. The Balaban J connectivity index is 1.88. The molecular weight excluding hydrogens is 383 g/mol. The fourth-order valence-electron chi connectivity index (χ4n) is 2.64. The van der Waals surface area contributed by atoms with Crippen molar-refractivity contribution >= 4 is 17.7 Å². The zero-order chi connectivity index (χ0) is 20.8. The molecule has 2 N–H and O–H groups in total. The number of rotatable bonds is 8. The van der Waals surface area contributed by atoms with Gasteiger partial charge in [0, 0.05) is 23.9 Å². The van der Waals surface area contributed by atoms with Gasteiger partial charge in [0.2, 0.25) is 0 Å². The molecule has 0 unspecified atom stereocenters. The smallest absolute Gasteiger partial charge is 0.387 e. The number of pyridine rings is 1. The normalized spacial score (nSPS) is 10.6. The molecule has 0 amide bonds. The van der Waals surface area contributed by atoms with Crippen LogP contribution >= 0.6 is 0 Å². The van der Waals surface area contributed by atoms with E-state index >= 15 is 0 Å². The van der Waals surface area contributed by atoms with Crippen molar-refractivity contribution in [3.8, 4) is 5.75 Å². The Bertz CT molecular complexity index is 1020. The summed E-state index contributed by atoms with van der Waals surface area (Å²) in [5.74, 6) is -0.431. The van der Waals surface area contributed by atoms with Crippen molar-refractivity contribution in [2.75, 3.05) is 5.32 Å². The molecule has 0 atom stereocenters. The topological polar surface area (TPSA) is 75.1 Å². The number of nitrogens with one attached hydrogen (secondary N) is 2. The number of hydrogen-bond acceptors (Lipinski definition) is 5. The molecule has 0 radical (unpaired) electrons. The lowest BCUT2D eigenvalue weighted by Gasteiger charge is -2.14. The van der Waals surface area contributed by atoms with E-state index in [-0.39, 0.29) is 23.0 Å². The fraction of sp³-hybridized carbons (Fsp3) is 0.0952. The zero-order valence-corrected chi connectivity index (χ0v) is 15.0. The van der Waals surface area contributed by atoms with Crippen LogP contribution in [0.5, 0.6) is 5.75 Å². The van der Waals surface area contributed by atoms with Gasteiger partial charge in [-0.2, -0.15) is 8.78 Å². The number of anilines is 1. The van der Waals surface area contributed by atoms with Gasteiger partial charge >= 0.3 is 6.61 Å². The number of ether oxygens (including phenoxy) is 1. The van der Waals surface area contributed by atoms with Crippen LogP contribution < -0.4 is 10.1 Å². The summed E-state index contributed by atoms with van der Waals surface area (Å²) in [7, 11) is 0. The average molecular weight is 399 g/mol. The lowest BCUT2D eigenvalue weighted by Crippen LogP contribution is -2.11. The van der Waals surface area contributed by atoms with Crippen molar-refractivity contribution in [3.63, 3.8) is 0 Å². The highest BCUT2D eigenvalue weighted by molar-refractivity contribution is 6.13. The van der Waals surface area contributed by atoms with E-state index < -0.39 is 6.61 Å². The first-order valence-corrected chi connectivity index (χ1v) is 8.54. The van der Waals surface area contributed by atoms with Crippen LogP contribution in [0.25, 0.3) is 0 Å². The summed E-state index contributed by atoms with van der Waals surface area (Å²) >= 11 is 0. The highest BCUT2D eigenvalue weighted by atomic mass is 19.3. The van der Waals surface area contributed by atoms with E-state index in [1.807, 2.05) is 0 Å². The highest BCUT2D eigenvalue weighted by Gasteiger charge is 2.15. The maximum Gasteiger partial charge on any atom is 0.387 e. The lowest BCUT2D eigenvalue weighted by molar-refractivity contribution is -0.0498. The molecule has 8 heteroatoms. The van der Waals surface area contributed by atoms with E-state index in [1.54, 1.807) is 18.2 Å². The monoisotopic (exact) mass is 399 g/mol. The Labute approximate surface area is 164 Å². The molecule has 0 saturated heterocycles. The van der Waals surface area contributed by atoms with Gasteiger partial charge in [0.05, 0.1) is 11.4 Å². The quantitative estimate of drug-likeness (QED) is 0.427. The van der Waals surface area contributed by atoms with Gasteiger partial charge in [0.1, 0.15) is 17.3 Å². The van der Waals surface area contributed by atoms with Crippen LogP contribution in [-0.4, -0.2) is 23.6 Å². The molecule has 3 aromatic rings. The second kappa shape index (κ2) is 9.01. The molecule has 1 aromatic heterocycles. The largest absolute Gasteiger partial charge is 0.435 e. The van der Waals surface area contributed by atoms with Gasteiger partial charge < -0.3 is 10.1 Å². The van der Waals surface area contributed by atoms with Crippen LogP contribution in [0.2, 0.25) is 0 Å². The predicted molar refractivity (Wildman–Crippen MR) is 102 cm³/mol. The van der Waals surface area contributed by atoms with Crippen LogP contribution in [0.1, 0.15) is 27.2 Å². The van der Waals surface area contributed by atoms with Gasteiger partial charge in [-0.25, -0.2) is 4.39 Å². The van der Waals surface area contributed by atoms with Crippen molar-refractivity contribution < 1.29 is 22.7 Å².